The van der Waals surface area contributed by atoms with Gasteiger partial charge >= 0.3 is 0 Å². The van der Waals surface area contributed by atoms with Gasteiger partial charge in [0, 0.05) is 49.7 Å². The lowest BCUT2D eigenvalue weighted by Gasteiger charge is -2.35. The van der Waals surface area contributed by atoms with Crippen molar-refractivity contribution >= 4 is 5.91 Å². The number of H-pyrrole nitrogens is 1. The van der Waals surface area contributed by atoms with Crippen LogP contribution in [-0.4, -0.2) is 57.1 Å². The molecule has 6 heteroatoms. The number of nitrogens with one attached hydrogen (secondary N) is 1. The zero-order chi connectivity index (χ0) is 17.1. The zero-order valence-electron chi connectivity index (χ0n) is 14.5. The van der Waals surface area contributed by atoms with Gasteiger partial charge in [-0.15, -0.1) is 0 Å². The molecule has 0 unspecified atom stereocenters. The molecule has 4 rings (SSSR count). The number of hydrogen-bond acceptors (Lipinski definition) is 4. The number of nitrogens with zero attached hydrogens (tertiary/aromatic N) is 4. The van der Waals surface area contributed by atoms with E-state index in [4.69, 9.17) is 0 Å². The Kier molecular flexibility index (Phi) is 4.78. The van der Waals surface area contributed by atoms with E-state index in [0.29, 0.717) is 6.54 Å². The van der Waals surface area contributed by atoms with Crippen molar-refractivity contribution in [2.45, 2.75) is 32.2 Å². The average molecular weight is 339 g/mol. The van der Waals surface area contributed by atoms with Crippen LogP contribution in [-0.2, 0) is 11.3 Å². The summed E-state index contributed by atoms with van der Waals surface area (Å²) >= 11 is 0. The molecular formula is C19H25N5O. The summed E-state index contributed by atoms with van der Waals surface area (Å²) in [5, 5.41) is 7.26. The largest absolute Gasteiger partial charge is 0.340 e. The molecule has 1 amide bonds. The molecule has 6 nitrogen and oxygen atoms in total. The zero-order valence-corrected chi connectivity index (χ0v) is 14.5. The van der Waals surface area contributed by atoms with E-state index in [1.807, 2.05) is 24.5 Å². The highest BCUT2D eigenvalue weighted by Crippen LogP contribution is 2.26. The third kappa shape index (κ3) is 3.74. The Bertz CT molecular complexity index is 708. The molecule has 132 valence electrons. The summed E-state index contributed by atoms with van der Waals surface area (Å²) in [6.45, 7) is 3.97. The number of hydrogen-bond donors (Lipinski definition) is 1. The van der Waals surface area contributed by atoms with Gasteiger partial charge in [0.15, 0.2) is 0 Å². The number of carbonyl (C=O) groups is 1. The van der Waals surface area contributed by atoms with Crippen LogP contribution in [0.2, 0.25) is 0 Å². The van der Waals surface area contributed by atoms with Crippen molar-refractivity contribution in [3.8, 4) is 11.3 Å². The number of amides is 1. The van der Waals surface area contributed by atoms with Gasteiger partial charge in [-0.3, -0.25) is 19.8 Å². The van der Waals surface area contributed by atoms with Crippen molar-refractivity contribution in [2.24, 2.45) is 5.92 Å². The molecule has 2 aromatic heterocycles. The molecule has 0 aromatic carbocycles. The van der Waals surface area contributed by atoms with E-state index < -0.39 is 0 Å². The number of pyridine rings is 1. The lowest BCUT2D eigenvalue weighted by molar-refractivity contribution is -0.136. The summed E-state index contributed by atoms with van der Waals surface area (Å²) in [6.07, 6.45) is 10.7. The Morgan fingerprint density at radius 1 is 1.20 bits per heavy atom. The van der Waals surface area contributed by atoms with E-state index in [1.54, 1.807) is 6.20 Å². The quantitative estimate of drug-likeness (QED) is 0.908. The topological polar surface area (TPSA) is 65.1 Å². The maximum absolute atomic E-state index is 12.5. The average Bonchev–Trinajstić information content (AvgIpc) is 3.30. The van der Waals surface area contributed by atoms with Crippen molar-refractivity contribution in [1.29, 1.82) is 0 Å². The summed E-state index contributed by atoms with van der Waals surface area (Å²) in [4.78, 5) is 21.0. The Hall–Kier alpha value is -2.21. The van der Waals surface area contributed by atoms with Gasteiger partial charge in [-0.1, -0.05) is 12.8 Å². The smallest absolute Gasteiger partial charge is 0.236 e. The fourth-order valence-corrected chi connectivity index (χ4v) is 4.02. The van der Waals surface area contributed by atoms with Crippen LogP contribution in [0.25, 0.3) is 11.3 Å². The highest BCUT2D eigenvalue weighted by Gasteiger charge is 2.27. The number of piperazine rings is 1. The summed E-state index contributed by atoms with van der Waals surface area (Å²) in [5.41, 5.74) is 3.14. The van der Waals surface area contributed by atoms with Gasteiger partial charge in [0.25, 0.3) is 0 Å². The van der Waals surface area contributed by atoms with Crippen LogP contribution in [0.1, 0.15) is 31.2 Å². The number of aromatic amines is 1. The molecule has 2 aromatic rings. The Labute approximate surface area is 148 Å². The standard InChI is InChI=1S/C19H25N5O/c25-18-14-23(8-9-24(18)12-15-4-1-2-5-15)13-17-11-21-22-19(17)16-6-3-7-20-10-16/h3,6-7,10-11,15H,1-2,4-5,8-9,12-14H2,(H,21,22). The van der Waals surface area contributed by atoms with E-state index in [9.17, 15) is 4.79 Å². The lowest BCUT2D eigenvalue weighted by Crippen LogP contribution is -2.51. The predicted molar refractivity (Wildman–Crippen MR) is 95.6 cm³/mol. The van der Waals surface area contributed by atoms with E-state index in [0.717, 1.165) is 48.9 Å². The molecule has 1 N–H and O–H groups in total. The fraction of sp³-hybridized carbons (Fsp3) is 0.526. The third-order valence-corrected chi connectivity index (χ3v) is 5.41. The first kappa shape index (κ1) is 16.3. The molecule has 0 bridgehead atoms. The second-order valence-corrected chi connectivity index (χ2v) is 7.21. The molecule has 0 spiro atoms. The van der Waals surface area contributed by atoms with Gasteiger partial charge in [0.2, 0.25) is 5.91 Å². The summed E-state index contributed by atoms with van der Waals surface area (Å²) < 4.78 is 0. The van der Waals surface area contributed by atoms with E-state index in [-0.39, 0.29) is 5.91 Å². The Balaban J connectivity index is 1.37. The molecule has 0 radical (unpaired) electrons. The number of aromatic nitrogens is 3. The molecule has 1 saturated heterocycles. The summed E-state index contributed by atoms with van der Waals surface area (Å²) in [6, 6.07) is 3.94. The van der Waals surface area contributed by atoms with Crippen LogP contribution in [0.3, 0.4) is 0 Å². The summed E-state index contributed by atoms with van der Waals surface area (Å²) in [5.74, 6) is 0.992. The molecule has 2 fully saturated rings. The molecule has 0 atom stereocenters. The minimum Gasteiger partial charge on any atom is -0.340 e. The van der Waals surface area contributed by atoms with E-state index in [1.165, 1.54) is 25.7 Å². The van der Waals surface area contributed by atoms with Crippen LogP contribution in [0.15, 0.2) is 30.7 Å². The predicted octanol–water partition coefficient (Wildman–Crippen LogP) is 2.31. The Morgan fingerprint density at radius 3 is 2.84 bits per heavy atom. The molecular weight excluding hydrogens is 314 g/mol. The van der Waals surface area contributed by atoms with Crippen molar-refractivity contribution in [3.05, 3.63) is 36.3 Å². The molecule has 1 aliphatic carbocycles. The maximum Gasteiger partial charge on any atom is 0.236 e. The molecule has 25 heavy (non-hydrogen) atoms. The first-order valence-electron chi connectivity index (χ1n) is 9.22. The second-order valence-electron chi connectivity index (χ2n) is 7.21. The van der Waals surface area contributed by atoms with Crippen LogP contribution in [0, 0.1) is 5.92 Å². The van der Waals surface area contributed by atoms with Crippen molar-refractivity contribution in [1.82, 2.24) is 25.0 Å². The van der Waals surface area contributed by atoms with Crippen molar-refractivity contribution < 1.29 is 4.79 Å². The van der Waals surface area contributed by atoms with Gasteiger partial charge in [0.1, 0.15) is 0 Å². The lowest BCUT2D eigenvalue weighted by atomic mass is 10.1. The summed E-state index contributed by atoms with van der Waals surface area (Å²) in [7, 11) is 0. The monoisotopic (exact) mass is 339 g/mol. The van der Waals surface area contributed by atoms with E-state index in [2.05, 4.69) is 25.0 Å². The fourth-order valence-electron chi connectivity index (χ4n) is 4.02. The van der Waals surface area contributed by atoms with Gasteiger partial charge in [0.05, 0.1) is 18.4 Å². The second kappa shape index (κ2) is 7.35. The maximum atomic E-state index is 12.5. The molecule has 2 aliphatic rings. The normalized spacial score (nSPS) is 19.7. The molecule has 3 heterocycles. The van der Waals surface area contributed by atoms with Crippen LogP contribution in [0.5, 0.6) is 0 Å². The molecule has 1 aliphatic heterocycles. The Morgan fingerprint density at radius 2 is 2.08 bits per heavy atom. The van der Waals surface area contributed by atoms with Gasteiger partial charge in [-0.05, 0) is 30.9 Å². The van der Waals surface area contributed by atoms with Crippen LogP contribution < -0.4 is 0 Å². The number of carbonyl (C=O) groups excluding carboxylic acids is 1. The highest BCUT2D eigenvalue weighted by molar-refractivity contribution is 5.79. The number of rotatable bonds is 5. The van der Waals surface area contributed by atoms with Crippen molar-refractivity contribution in [3.63, 3.8) is 0 Å². The van der Waals surface area contributed by atoms with Gasteiger partial charge in [-0.25, -0.2) is 0 Å². The van der Waals surface area contributed by atoms with Crippen molar-refractivity contribution in [2.75, 3.05) is 26.2 Å². The first-order chi connectivity index (χ1) is 12.3. The third-order valence-electron chi connectivity index (χ3n) is 5.41. The SMILES string of the molecule is O=C1CN(Cc2cn[nH]c2-c2cccnc2)CCN1CC1CCCC1. The van der Waals surface area contributed by atoms with E-state index >= 15 is 0 Å². The van der Waals surface area contributed by atoms with Gasteiger partial charge in [-0.2, -0.15) is 5.10 Å². The highest BCUT2D eigenvalue weighted by atomic mass is 16.2. The van der Waals surface area contributed by atoms with Gasteiger partial charge < -0.3 is 4.90 Å². The van der Waals surface area contributed by atoms with Crippen LogP contribution in [0.4, 0.5) is 0 Å². The first-order valence-corrected chi connectivity index (χ1v) is 9.22. The minimum atomic E-state index is 0.268. The van der Waals surface area contributed by atoms with Crippen LogP contribution >= 0.6 is 0 Å². The molecule has 1 saturated carbocycles. The minimum absolute atomic E-state index is 0.268.